The smallest absolute Gasteiger partial charge is 0.407 e. The second-order valence-electron chi connectivity index (χ2n) is 7.92. The first-order chi connectivity index (χ1) is 14.9. The Morgan fingerprint density at radius 1 is 1.00 bits per heavy atom. The molecule has 174 valence electrons. The van der Waals surface area contributed by atoms with Gasteiger partial charge >= 0.3 is 12.1 Å². The van der Waals surface area contributed by atoms with Crippen molar-refractivity contribution < 1.29 is 26.9 Å². The predicted molar refractivity (Wildman–Crippen MR) is 120 cm³/mol. The lowest BCUT2D eigenvalue weighted by Crippen LogP contribution is -2.56. The summed E-state index contributed by atoms with van der Waals surface area (Å²) in [6.07, 6.45) is -4.92. The third-order valence-corrected chi connectivity index (χ3v) is 5.93. The van der Waals surface area contributed by atoms with Crippen LogP contribution in [0.5, 0.6) is 0 Å². The average molecular weight is 469 g/mol. The number of ether oxygens (including phenoxy) is 1. The van der Waals surface area contributed by atoms with E-state index in [1.807, 2.05) is 0 Å². The van der Waals surface area contributed by atoms with Crippen LogP contribution in [0.15, 0.2) is 65.7 Å². The molecule has 0 saturated heterocycles. The lowest BCUT2D eigenvalue weighted by atomic mass is 10.0. The standard InChI is InChI=1S/C23H27F3N2O3S/c1-5-31-21(29)19(20(23(24,25)26)28-32(30)22(2,3)4)27-18(16-12-8-6-9-13-16)17-14-10-7-11-15-17/h6-15,19-20,28H,5H2,1-4H3/t19-,20+,32?/m0/s1. The molecule has 1 unspecified atom stereocenters. The Labute approximate surface area is 188 Å². The molecule has 2 aromatic carbocycles. The summed E-state index contributed by atoms with van der Waals surface area (Å²) in [4.78, 5) is 17.0. The van der Waals surface area contributed by atoms with Gasteiger partial charge in [-0.05, 0) is 27.7 Å². The molecular formula is C23H27F3N2O3S. The fraction of sp³-hybridized carbons (Fsp3) is 0.391. The molecular weight excluding hydrogens is 441 g/mol. The third-order valence-electron chi connectivity index (χ3n) is 4.35. The molecule has 9 heteroatoms. The van der Waals surface area contributed by atoms with Crippen molar-refractivity contribution >= 4 is 22.7 Å². The Kier molecular flexibility index (Phi) is 8.74. The quantitative estimate of drug-likeness (QED) is 0.460. The number of aliphatic imine (C=N–C) groups is 1. The minimum Gasteiger partial charge on any atom is -0.464 e. The van der Waals surface area contributed by atoms with Crippen molar-refractivity contribution in [2.45, 2.75) is 50.7 Å². The van der Waals surface area contributed by atoms with Crippen molar-refractivity contribution in [1.29, 1.82) is 0 Å². The Balaban J connectivity index is 2.67. The number of nitrogens with one attached hydrogen (secondary N) is 1. The summed E-state index contributed by atoms with van der Waals surface area (Å²) in [6.45, 7) is 5.98. The number of rotatable bonds is 8. The molecule has 0 aliphatic heterocycles. The van der Waals surface area contributed by atoms with Crippen molar-refractivity contribution in [3.63, 3.8) is 0 Å². The van der Waals surface area contributed by atoms with E-state index in [2.05, 4.69) is 9.71 Å². The van der Waals surface area contributed by atoms with Gasteiger partial charge in [-0.15, -0.1) is 0 Å². The van der Waals surface area contributed by atoms with E-state index in [4.69, 9.17) is 4.74 Å². The SMILES string of the molecule is CCOC(=O)[C@@H](N=C(c1ccccc1)c1ccccc1)[C@@H](NS(=O)C(C)(C)C)C(F)(F)F. The summed E-state index contributed by atoms with van der Waals surface area (Å²) < 4.78 is 60.9. The molecule has 5 nitrogen and oxygen atoms in total. The normalized spacial score (nSPS) is 14.8. The van der Waals surface area contributed by atoms with Crippen LogP contribution in [0.3, 0.4) is 0 Å². The van der Waals surface area contributed by atoms with Gasteiger partial charge in [0.15, 0.2) is 6.04 Å². The molecule has 0 heterocycles. The third kappa shape index (κ3) is 7.00. The highest BCUT2D eigenvalue weighted by Crippen LogP contribution is 2.28. The van der Waals surface area contributed by atoms with Gasteiger partial charge in [-0.1, -0.05) is 60.7 Å². The van der Waals surface area contributed by atoms with E-state index in [1.165, 1.54) is 27.7 Å². The maximum atomic E-state index is 14.1. The molecule has 32 heavy (non-hydrogen) atoms. The summed E-state index contributed by atoms with van der Waals surface area (Å²) in [6, 6.07) is 12.7. The van der Waals surface area contributed by atoms with Gasteiger partial charge in [0.1, 0.15) is 6.04 Å². The fourth-order valence-electron chi connectivity index (χ4n) is 2.74. The summed E-state index contributed by atoms with van der Waals surface area (Å²) in [7, 11) is -2.11. The molecule has 0 bridgehead atoms. The van der Waals surface area contributed by atoms with Gasteiger partial charge in [-0.2, -0.15) is 13.2 Å². The van der Waals surface area contributed by atoms with Gasteiger partial charge < -0.3 is 4.74 Å². The van der Waals surface area contributed by atoms with Crippen molar-refractivity contribution in [3.05, 3.63) is 71.8 Å². The van der Waals surface area contributed by atoms with E-state index in [0.717, 1.165) is 0 Å². The Hall–Kier alpha value is -2.52. The van der Waals surface area contributed by atoms with Crippen LogP contribution in [0.1, 0.15) is 38.8 Å². The number of hydrogen-bond donors (Lipinski definition) is 1. The van der Waals surface area contributed by atoms with E-state index in [-0.39, 0.29) is 12.3 Å². The maximum Gasteiger partial charge on any atom is 0.407 e. The fourth-order valence-corrected chi connectivity index (χ4v) is 3.59. The van der Waals surface area contributed by atoms with Crippen molar-refractivity contribution in [2.24, 2.45) is 4.99 Å². The number of carbonyl (C=O) groups excluding carboxylic acids is 1. The molecule has 3 atom stereocenters. The zero-order chi connectivity index (χ0) is 23.9. The number of benzene rings is 2. The van der Waals surface area contributed by atoms with Crippen LogP contribution in [0.4, 0.5) is 13.2 Å². The van der Waals surface area contributed by atoms with Gasteiger partial charge in [-0.3, -0.25) is 4.99 Å². The number of carbonyl (C=O) groups is 1. The number of hydrogen-bond acceptors (Lipinski definition) is 4. The number of esters is 1. The van der Waals surface area contributed by atoms with Crippen molar-refractivity contribution in [1.82, 2.24) is 4.72 Å². The highest BCUT2D eigenvalue weighted by molar-refractivity contribution is 7.84. The maximum absolute atomic E-state index is 14.1. The number of nitrogens with zero attached hydrogens (tertiary/aromatic N) is 1. The first-order valence-electron chi connectivity index (χ1n) is 10.0. The van der Waals surface area contributed by atoms with Gasteiger partial charge in [0.05, 0.1) is 28.1 Å². The molecule has 0 aliphatic rings. The second kappa shape index (κ2) is 10.9. The lowest BCUT2D eigenvalue weighted by Gasteiger charge is -2.29. The van der Waals surface area contributed by atoms with Crippen LogP contribution in [-0.2, 0) is 20.5 Å². The van der Waals surface area contributed by atoms with E-state index in [0.29, 0.717) is 11.1 Å². The Morgan fingerprint density at radius 3 is 1.84 bits per heavy atom. The summed E-state index contributed by atoms with van der Waals surface area (Å²) in [5.74, 6) is -1.16. The van der Waals surface area contributed by atoms with Crippen LogP contribution in [-0.4, -0.2) is 45.5 Å². The molecule has 0 aromatic heterocycles. The van der Waals surface area contributed by atoms with Crippen LogP contribution < -0.4 is 4.72 Å². The molecule has 0 fully saturated rings. The van der Waals surface area contributed by atoms with Crippen molar-refractivity contribution in [2.75, 3.05) is 6.61 Å². The topological polar surface area (TPSA) is 67.8 Å². The van der Waals surface area contributed by atoms with Crippen LogP contribution >= 0.6 is 0 Å². The molecule has 2 aromatic rings. The molecule has 0 amide bonds. The van der Waals surface area contributed by atoms with Crippen LogP contribution in [0.2, 0.25) is 0 Å². The zero-order valence-corrected chi connectivity index (χ0v) is 19.2. The van der Waals surface area contributed by atoms with Crippen LogP contribution in [0.25, 0.3) is 0 Å². The predicted octanol–water partition coefficient (Wildman–Crippen LogP) is 4.44. The van der Waals surface area contributed by atoms with E-state index in [1.54, 1.807) is 60.7 Å². The molecule has 0 spiro atoms. The molecule has 1 N–H and O–H groups in total. The second-order valence-corrected chi connectivity index (χ2v) is 9.92. The number of alkyl halides is 3. The minimum absolute atomic E-state index is 0.121. The van der Waals surface area contributed by atoms with E-state index >= 15 is 0 Å². The Bertz CT molecular complexity index is 901. The monoisotopic (exact) mass is 468 g/mol. The van der Waals surface area contributed by atoms with E-state index in [9.17, 15) is 22.2 Å². The molecule has 2 rings (SSSR count). The average Bonchev–Trinajstić information content (AvgIpc) is 2.73. The summed E-state index contributed by atoms with van der Waals surface area (Å²) >= 11 is 0. The van der Waals surface area contributed by atoms with Gasteiger partial charge in [0.2, 0.25) is 0 Å². The molecule has 0 radical (unpaired) electrons. The van der Waals surface area contributed by atoms with Crippen molar-refractivity contribution in [3.8, 4) is 0 Å². The molecule has 0 aliphatic carbocycles. The van der Waals surface area contributed by atoms with E-state index < -0.39 is 40.0 Å². The largest absolute Gasteiger partial charge is 0.464 e. The van der Waals surface area contributed by atoms with Gasteiger partial charge in [0.25, 0.3) is 0 Å². The number of halogens is 3. The lowest BCUT2D eigenvalue weighted by molar-refractivity contribution is -0.169. The summed E-state index contributed by atoms with van der Waals surface area (Å²) in [5.41, 5.74) is 1.26. The minimum atomic E-state index is -4.92. The summed E-state index contributed by atoms with van der Waals surface area (Å²) in [5, 5.41) is 0. The highest BCUT2D eigenvalue weighted by Gasteiger charge is 2.50. The van der Waals surface area contributed by atoms with Gasteiger partial charge in [-0.25, -0.2) is 13.7 Å². The first kappa shape index (κ1) is 25.7. The highest BCUT2D eigenvalue weighted by atomic mass is 32.2. The first-order valence-corrected chi connectivity index (χ1v) is 11.2. The molecule has 0 saturated carbocycles. The van der Waals surface area contributed by atoms with Crippen LogP contribution in [0, 0.1) is 0 Å². The Morgan fingerprint density at radius 2 is 1.47 bits per heavy atom. The van der Waals surface area contributed by atoms with Gasteiger partial charge in [0, 0.05) is 11.1 Å². The zero-order valence-electron chi connectivity index (χ0n) is 18.3.